The van der Waals surface area contributed by atoms with Crippen molar-refractivity contribution < 1.29 is 8.42 Å². The van der Waals surface area contributed by atoms with E-state index in [1.54, 1.807) is 25.1 Å². The standard InChI is InChI=1S/C13H15N3O2S/c1-9-5-6-11(8-12(9)14)19(17,18)16-13-10(2)4-3-7-15-13/h3-8H,14H2,1-2H3,(H,15,16). The Morgan fingerprint density at radius 3 is 2.53 bits per heavy atom. The van der Waals surface area contributed by atoms with Gasteiger partial charge in [-0.3, -0.25) is 4.72 Å². The predicted molar refractivity (Wildman–Crippen MR) is 75.4 cm³/mol. The number of pyridine rings is 1. The van der Waals surface area contributed by atoms with E-state index in [0.29, 0.717) is 11.5 Å². The molecular weight excluding hydrogens is 262 g/mol. The van der Waals surface area contributed by atoms with Gasteiger partial charge in [0.1, 0.15) is 5.82 Å². The van der Waals surface area contributed by atoms with E-state index in [9.17, 15) is 8.42 Å². The van der Waals surface area contributed by atoms with Gasteiger partial charge in [0.2, 0.25) is 0 Å². The molecule has 0 aliphatic rings. The number of hydrogen-bond acceptors (Lipinski definition) is 4. The van der Waals surface area contributed by atoms with Gasteiger partial charge >= 0.3 is 0 Å². The van der Waals surface area contributed by atoms with Crippen molar-refractivity contribution >= 4 is 21.5 Å². The van der Waals surface area contributed by atoms with E-state index in [1.807, 2.05) is 6.92 Å². The summed E-state index contributed by atoms with van der Waals surface area (Å²) in [6, 6.07) is 8.17. The number of nitrogens with zero attached hydrogens (tertiary/aromatic N) is 1. The SMILES string of the molecule is Cc1ccc(S(=O)(=O)Nc2ncccc2C)cc1N. The zero-order valence-electron chi connectivity index (χ0n) is 10.7. The van der Waals surface area contributed by atoms with Gasteiger partial charge in [0.05, 0.1) is 4.90 Å². The van der Waals surface area contributed by atoms with Gasteiger partial charge < -0.3 is 5.73 Å². The molecule has 3 N–H and O–H groups in total. The molecule has 0 aliphatic carbocycles. The number of nitrogen functional groups attached to an aromatic ring is 1. The molecule has 0 radical (unpaired) electrons. The van der Waals surface area contributed by atoms with Crippen LogP contribution in [-0.2, 0) is 10.0 Å². The van der Waals surface area contributed by atoms with Gasteiger partial charge in [0.25, 0.3) is 10.0 Å². The molecule has 0 saturated heterocycles. The lowest BCUT2D eigenvalue weighted by atomic mass is 10.2. The highest BCUT2D eigenvalue weighted by molar-refractivity contribution is 7.92. The second kappa shape index (κ2) is 4.89. The Labute approximate surface area is 112 Å². The van der Waals surface area contributed by atoms with E-state index in [4.69, 9.17) is 5.73 Å². The van der Waals surface area contributed by atoms with Crippen LogP contribution in [-0.4, -0.2) is 13.4 Å². The number of sulfonamides is 1. The minimum atomic E-state index is -3.67. The summed E-state index contributed by atoms with van der Waals surface area (Å²) in [5.41, 5.74) is 7.77. The Morgan fingerprint density at radius 1 is 1.16 bits per heavy atom. The molecule has 1 aromatic heterocycles. The zero-order chi connectivity index (χ0) is 14.0. The highest BCUT2D eigenvalue weighted by Gasteiger charge is 2.16. The lowest BCUT2D eigenvalue weighted by Crippen LogP contribution is -2.15. The van der Waals surface area contributed by atoms with Crippen LogP contribution in [0.1, 0.15) is 11.1 Å². The van der Waals surface area contributed by atoms with Crippen LogP contribution in [0.15, 0.2) is 41.4 Å². The average Bonchev–Trinajstić information content (AvgIpc) is 2.35. The van der Waals surface area contributed by atoms with Crippen molar-refractivity contribution in [3.05, 3.63) is 47.7 Å². The summed E-state index contributed by atoms with van der Waals surface area (Å²) in [6.45, 7) is 3.61. The first-order valence-electron chi connectivity index (χ1n) is 5.71. The summed E-state index contributed by atoms with van der Waals surface area (Å²) in [5, 5.41) is 0. The fourth-order valence-corrected chi connectivity index (χ4v) is 2.68. The molecule has 1 heterocycles. The number of hydrogen-bond donors (Lipinski definition) is 2. The first-order chi connectivity index (χ1) is 8.90. The van der Waals surface area contributed by atoms with Crippen molar-refractivity contribution in [1.82, 2.24) is 4.98 Å². The molecule has 0 aliphatic heterocycles. The Kier molecular flexibility index (Phi) is 3.44. The van der Waals surface area contributed by atoms with Crippen LogP contribution >= 0.6 is 0 Å². The zero-order valence-corrected chi connectivity index (χ0v) is 11.5. The summed E-state index contributed by atoms with van der Waals surface area (Å²) < 4.78 is 26.9. The van der Waals surface area contributed by atoms with E-state index in [1.165, 1.54) is 18.3 Å². The molecule has 6 heteroatoms. The summed E-state index contributed by atoms with van der Waals surface area (Å²) in [5.74, 6) is 0.321. The molecule has 19 heavy (non-hydrogen) atoms. The summed E-state index contributed by atoms with van der Waals surface area (Å²) in [6.07, 6.45) is 1.54. The van der Waals surface area contributed by atoms with Crippen LogP contribution in [0.25, 0.3) is 0 Å². The molecule has 5 nitrogen and oxygen atoms in total. The molecule has 0 unspecified atom stereocenters. The molecule has 1 aromatic carbocycles. The van der Waals surface area contributed by atoms with Crippen LogP contribution in [0, 0.1) is 13.8 Å². The molecular formula is C13H15N3O2S. The fraction of sp³-hybridized carbons (Fsp3) is 0.154. The third-order valence-electron chi connectivity index (χ3n) is 2.80. The van der Waals surface area contributed by atoms with Crippen molar-refractivity contribution in [2.75, 3.05) is 10.5 Å². The Hall–Kier alpha value is -2.08. The molecule has 0 bridgehead atoms. The van der Waals surface area contributed by atoms with E-state index >= 15 is 0 Å². The maximum atomic E-state index is 12.2. The Balaban J connectivity index is 2.38. The quantitative estimate of drug-likeness (QED) is 0.841. The Bertz CT molecular complexity index is 712. The van der Waals surface area contributed by atoms with Gasteiger partial charge in [-0.15, -0.1) is 0 Å². The number of rotatable bonds is 3. The van der Waals surface area contributed by atoms with Crippen LogP contribution in [0.2, 0.25) is 0 Å². The molecule has 2 rings (SSSR count). The third-order valence-corrected chi connectivity index (χ3v) is 4.14. The van der Waals surface area contributed by atoms with Gasteiger partial charge in [-0.1, -0.05) is 12.1 Å². The van der Waals surface area contributed by atoms with Gasteiger partial charge in [-0.2, -0.15) is 0 Å². The van der Waals surface area contributed by atoms with E-state index < -0.39 is 10.0 Å². The van der Waals surface area contributed by atoms with Crippen molar-refractivity contribution in [3.8, 4) is 0 Å². The van der Waals surface area contributed by atoms with Crippen LogP contribution < -0.4 is 10.5 Å². The average molecular weight is 277 g/mol. The maximum absolute atomic E-state index is 12.2. The predicted octanol–water partition coefficient (Wildman–Crippen LogP) is 2.08. The largest absolute Gasteiger partial charge is 0.398 e. The van der Waals surface area contributed by atoms with Crippen LogP contribution in [0.5, 0.6) is 0 Å². The van der Waals surface area contributed by atoms with Crippen molar-refractivity contribution in [1.29, 1.82) is 0 Å². The van der Waals surface area contributed by atoms with E-state index in [2.05, 4.69) is 9.71 Å². The first-order valence-corrected chi connectivity index (χ1v) is 7.19. The second-order valence-corrected chi connectivity index (χ2v) is 5.98. The first kappa shape index (κ1) is 13.4. The molecule has 0 amide bonds. The molecule has 2 aromatic rings. The minimum absolute atomic E-state index is 0.126. The maximum Gasteiger partial charge on any atom is 0.263 e. The highest BCUT2D eigenvalue weighted by Crippen LogP contribution is 2.20. The number of nitrogens with one attached hydrogen (secondary N) is 1. The summed E-state index contributed by atoms with van der Waals surface area (Å²) >= 11 is 0. The number of nitrogens with two attached hydrogens (primary N) is 1. The van der Waals surface area contributed by atoms with Crippen molar-refractivity contribution in [2.45, 2.75) is 18.7 Å². The molecule has 0 fully saturated rings. The van der Waals surface area contributed by atoms with Gasteiger partial charge in [-0.25, -0.2) is 13.4 Å². The lowest BCUT2D eigenvalue weighted by Gasteiger charge is -2.10. The van der Waals surface area contributed by atoms with Crippen LogP contribution in [0.3, 0.4) is 0 Å². The number of anilines is 2. The molecule has 100 valence electrons. The van der Waals surface area contributed by atoms with E-state index in [-0.39, 0.29) is 4.90 Å². The fourth-order valence-electron chi connectivity index (χ4n) is 1.56. The summed E-state index contributed by atoms with van der Waals surface area (Å²) in [4.78, 5) is 4.13. The number of aromatic nitrogens is 1. The monoisotopic (exact) mass is 277 g/mol. The normalized spacial score (nSPS) is 11.3. The Morgan fingerprint density at radius 2 is 1.89 bits per heavy atom. The topological polar surface area (TPSA) is 85.1 Å². The molecule has 0 atom stereocenters. The van der Waals surface area contributed by atoms with E-state index in [0.717, 1.165) is 11.1 Å². The van der Waals surface area contributed by atoms with Crippen molar-refractivity contribution in [3.63, 3.8) is 0 Å². The number of aryl methyl sites for hydroxylation is 2. The van der Waals surface area contributed by atoms with Gasteiger partial charge in [-0.05, 0) is 43.2 Å². The lowest BCUT2D eigenvalue weighted by molar-refractivity contribution is 0.601. The highest BCUT2D eigenvalue weighted by atomic mass is 32.2. The molecule has 0 saturated carbocycles. The minimum Gasteiger partial charge on any atom is -0.398 e. The third kappa shape index (κ3) is 2.85. The molecule has 0 spiro atoms. The smallest absolute Gasteiger partial charge is 0.263 e. The second-order valence-electron chi connectivity index (χ2n) is 4.29. The summed E-state index contributed by atoms with van der Waals surface area (Å²) in [7, 11) is -3.67. The van der Waals surface area contributed by atoms with Gasteiger partial charge in [0, 0.05) is 11.9 Å². The van der Waals surface area contributed by atoms with Crippen molar-refractivity contribution in [2.24, 2.45) is 0 Å². The number of benzene rings is 1. The van der Waals surface area contributed by atoms with Crippen LogP contribution in [0.4, 0.5) is 11.5 Å². The van der Waals surface area contributed by atoms with Gasteiger partial charge in [0.15, 0.2) is 0 Å².